The predicted octanol–water partition coefficient (Wildman–Crippen LogP) is 3.63. The fourth-order valence-electron chi connectivity index (χ4n) is 2.25. The number of hydrogen-bond donors (Lipinski definition) is 1. The normalized spacial score (nSPS) is 17.6. The molecule has 1 aliphatic carbocycles. The van der Waals surface area contributed by atoms with E-state index in [2.05, 4.69) is 11.9 Å². The lowest BCUT2D eigenvalue weighted by molar-refractivity contribution is 0.199. The van der Waals surface area contributed by atoms with Crippen LogP contribution < -0.4 is 4.90 Å². The summed E-state index contributed by atoms with van der Waals surface area (Å²) >= 11 is 6.26. The minimum absolute atomic E-state index is 0.460. The van der Waals surface area contributed by atoms with E-state index < -0.39 is 6.10 Å². The Morgan fingerprint density at radius 2 is 2.18 bits per heavy atom. The van der Waals surface area contributed by atoms with E-state index >= 15 is 0 Å². The molecule has 1 N–H and O–H groups in total. The first kappa shape index (κ1) is 12.7. The van der Waals surface area contributed by atoms with Gasteiger partial charge in [-0.1, -0.05) is 24.1 Å². The van der Waals surface area contributed by atoms with Crippen LogP contribution in [0.25, 0.3) is 0 Å². The molecule has 2 rings (SSSR count). The SMILES string of the molecule is CC(O)c1ccc(N(C)CC2CCC2)c(Cl)c1. The molecule has 1 saturated carbocycles. The quantitative estimate of drug-likeness (QED) is 0.886. The molecule has 0 spiro atoms. The van der Waals surface area contributed by atoms with Crippen molar-refractivity contribution in [3.63, 3.8) is 0 Å². The average molecular weight is 254 g/mol. The second-order valence-electron chi connectivity index (χ2n) is 5.06. The number of aliphatic hydroxyl groups is 1. The zero-order valence-corrected chi connectivity index (χ0v) is 11.2. The van der Waals surface area contributed by atoms with E-state index in [0.29, 0.717) is 0 Å². The molecule has 0 radical (unpaired) electrons. The molecule has 3 heteroatoms. The number of halogens is 1. The van der Waals surface area contributed by atoms with Crippen molar-refractivity contribution in [2.24, 2.45) is 5.92 Å². The monoisotopic (exact) mass is 253 g/mol. The van der Waals surface area contributed by atoms with Crippen molar-refractivity contribution >= 4 is 17.3 Å². The number of nitrogens with zero attached hydrogens (tertiary/aromatic N) is 1. The Labute approximate surface area is 108 Å². The lowest BCUT2D eigenvalue weighted by Crippen LogP contribution is -2.29. The highest BCUT2D eigenvalue weighted by Gasteiger charge is 2.20. The third kappa shape index (κ3) is 2.93. The van der Waals surface area contributed by atoms with Gasteiger partial charge in [-0.3, -0.25) is 0 Å². The van der Waals surface area contributed by atoms with E-state index in [1.54, 1.807) is 6.92 Å². The van der Waals surface area contributed by atoms with Gasteiger partial charge in [0.1, 0.15) is 0 Å². The van der Waals surface area contributed by atoms with Crippen LogP contribution in [0.2, 0.25) is 5.02 Å². The summed E-state index contributed by atoms with van der Waals surface area (Å²) in [6.45, 7) is 2.83. The molecule has 1 aliphatic rings. The maximum absolute atomic E-state index is 9.50. The van der Waals surface area contributed by atoms with Crippen LogP contribution in [0.4, 0.5) is 5.69 Å². The Hall–Kier alpha value is -0.730. The van der Waals surface area contributed by atoms with Gasteiger partial charge in [0.25, 0.3) is 0 Å². The third-order valence-electron chi connectivity index (χ3n) is 3.62. The number of anilines is 1. The minimum atomic E-state index is -0.460. The summed E-state index contributed by atoms with van der Waals surface area (Å²) in [7, 11) is 2.08. The standard InChI is InChI=1S/C14H20ClNO/c1-10(17)12-6-7-14(13(15)8-12)16(2)9-11-4-3-5-11/h6-8,10-11,17H,3-5,9H2,1-2H3. The van der Waals surface area contributed by atoms with Crippen LogP contribution in [0.5, 0.6) is 0 Å². The first-order chi connectivity index (χ1) is 8.08. The molecule has 0 amide bonds. The summed E-state index contributed by atoms with van der Waals surface area (Å²) in [6, 6.07) is 5.81. The van der Waals surface area contributed by atoms with Gasteiger partial charge in [-0.25, -0.2) is 0 Å². The Bertz CT molecular complexity index is 388. The maximum atomic E-state index is 9.50. The zero-order valence-electron chi connectivity index (χ0n) is 10.5. The molecule has 0 saturated heterocycles. The third-order valence-corrected chi connectivity index (χ3v) is 3.92. The first-order valence-corrected chi connectivity index (χ1v) is 6.64. The van der Waals surface area contributed by atoms with Gasteiger partial charge in [-0.15, -0.1) is 0 Å². The molecule has 17 heavy (non-hydrogen) atoms. The average Bonchev–Trinajstić information content (AvgIpc) is 2.22. The van der Waals surface area contributed by atoms with E-state index in [9.17, 15) is 5.11 Å². The van der Waals surface area contributed by atoms with Crippen LogP contribution in [0.1, 0.15) is 37.9 Å². The molecule has 2 nitrogen and oxygen atoms in total. The second kappa shape index (κ2) is 5.28. The summed E-state index contributed by atoms with van der Waals surface area (Å²) in [6.07, 6.45) is 3.59. The summed E-state index contributed by atoms with van der Waals surface area (Å²) in [5.41, 5.74) is 1.93. The molecule has 1 aromatic rings. The summed E-state index contributed by atoms with van der Waals surface area (Å²) in [5.74, 6) is 0.826. The van der Waals surface area contributed by atoms with Crippen LogP contribution in [-0.4, -0.2) is 18.7 Å². The fraction of sp³-hybridized carbons (Fsp3) is 0.571. The van der Waals surface area contributed by atoms with Crippen molar-refractivity contribution in [2.45, 2.75) is 32.3 Å². The lowest BCUT2D eigenvalue weighted by atomic mass is 9.85. The van der Waals surface area contributed by atoms with Gasteiger partial charge in [-0.2, -0.15) is 0 Å². The largest absolute Gasteiger partial charge is 0.389 e. The van der Waals surface area contributed by atoms with E-state index in [1.165, 1.54) is 19.3 Å². The highest BCUT2D eigenvalue weighted by atomic mass is 35.5. The Kier molecular flexibility index (Phi) is 3.95. The zero-order chi connectivity index (χ0) is 12.4. The number of benzene rings is 1. The Morgan fingerprint density at radius 1 is 1.47 bits per heavy atom. The van der Waals surface area contributed by atoms with Gasteiger partial charge >= 0.3 is 0 Å². The molecule has 1 unspecified atom stereocenters. The van der Waals surface area contributed by atoms with Gasteiger partial charge in [0.05, 0.1) is 16.8 Å². The molecule has 0 heterocycles. The first-order valence-electron chi connectivity index (χ1n) is 6.26. The Balaban J connectivity index is 2.08. The smallest absolute Gasteiger partial charge is 0.0762 e. The van der Waals surface area contributed by atoms with Gasteiger partial charge < -0.3 is 10.0 Å². The molecule has 0 aliphatic heterocycles. The van der Waals surface area contributed by atoms with Crippen LogP contribution in [0.15, 0.2) is 18.2 Å². The van der Waals surface area contributed by atoms with Crippen LogP contribution in [0, 0.1) is 5.92 Å². The highest BCUT2D eigenvalue weighted by Crippen LogP contribution is 2.32. The molecule has 0 bridgehead atoms. The molecule has 1 atom stereocenters. The molecule has 94 valence electrons. The summed E-state index contributed by atoms with van der Waals surface area (Å²) in [4.78, 5) is 2.22. The molecule has 1 aromatic carbocycles. The predicted molar refractivity (Wildman–Crippen MR) is 72.7 cm³/mol. The molecule has 0 aromatic heterocycles. The number of rotatable bonds is 4. The van der Waals surface area contributed by atoms with Crippen molar-refractivity contribution < 1.29 is 5.11 Å². The van der Waals surface area contributed by atoms with Crippen LogP contribution >= 0.6 is 11.6 Å². The van der Waals surface area contributed by atoms with Crippen molar-refractivity contribution in [3.05, 3.63) is 28.8 Å². The van der Waals surface area contributed by atoms with E-state index in [4.69, 9.17) is 11.6 Å². The molecular weight excluding hydrogens is 234 g/mol. The topological polar surface area (TPSA) is 23.5 Å². The Morgan fingerprint density at radius 3 is 2.65 bits per heavy atom. The van der Waals surface area contributed by atoms with Crippen molar-refractivity contribution in [2.75, 3.05) is 18.5 Å². The summed E-state index contributed by atoms with van der Waals surface area (Å²) in [5, 5.41) is 10.2. The molecular formula is C14H20ClNO. The van der Waals surface area contributed by atoms with Crippen molar-refractivity contribution in [1.82, 2.24) is 0 Å². The minimum Gasteiger partial charge on any atom is -0.389 e. The van der Waals surface area contributed by atoms with Gasteiger partial charge in [0.15, 0.2) is 0 Å². The lowest BCUT2D eigenvalue weighted by Gasteiger charge is -2.31. The second-order valence-corrected chi connectivity index (χ2v) is 5.47. The van der Waals surface area contributed by atoms with Gasteiger partial charge in [0, 0.05) is 13.6 Å². The fourth-order valence-corrected chi connectivity index (χ4v) is 2.59. The number of hydrogen-bond acceptors (Lipinski definition) is 2. The van der Waals surface area contributed by atoms with E-state index in [-0.39, 0.29) is 0 Å². The van der Waals surface area contributed by atoms with E-state index in [1.807, 2.05) is 18.2 Å². The highest BCUT2D eigenvalue weighted by molar-refractivity contribution is 6.33. The maximum Gasteiger partial charge on any atom is 0.0762 e. The van der Waals surface area contributed by atoms with Gasteiger partial charge in [0.2, 0.25) is 0 Å². The van der Waals surface area contributed by atoms with E-state index in [0.717, 1.165) is 28.7 Å². The van der Waals surface area contributed by atoms with Crippen molar-refractivity contribution in [3.8, 4) is 0 Å². The number of aliphatic hydroxyl groups excluding tert-OH is 1. The van der Waals surface area contributed by atoms with Gasteiger partial charge in [-0.05, 0) is 43.4 Å². The van der Waals surface area contributed by atoms with Crippen LogP contribution in [0.3, 0.4) is 0 Å². The van der Waals surface area contributed by atoms with Crippen molar-refractivity contribution in [1.29, 1.82) is 0 Å². The summed E-state index contributed by atoms with van der Waals surface area (Å²) < 4.78 is 0. The van der Waals surface area contributed by atoms with Crippen LogP contribution in [-0.2, 0) is 0 Å². The molecule has 1 fully saturated rings.